The van der Waals surface area contributed by atoms with Crippen molar-refractivity contribution in [2.75, 3.05) is 13.1 Å². The minimum atomic E-state index is 0.796. The molecule has 2 atom stereocenters. The van der Waals surface area contributed by atoms with E-state index in [1.54, 1.807) is 0 Å². The molecular weight excluding hydrogens is 170 g/mol. The molecule has 1 heteroatoms. The Kier molecular flexibility index (Phi) is 3.16. The summed E-state index contributed by atoms with van der Waals surface area (Å²) in [5.41, 5.74) is 0. The van der Waals surface area contributed by atoms with Crippen molar-refractivity contribution in [2.45, 2.75) is 40.0 Å². The lowest BCUT2D eigenvalue weighted by Gasteiger charge is -2.50. The summed E-state index contributed by atoms with van der Waals surface area (Å²) >= 11 is 0. The third-order valence-electron chi connectivity index (χ3n) is 4.32. The Morgan fingerprint density at radius 2 is 1.86 bits per heavy atom. The van der Waals surface area contributed by atoms with Crippen LogP contribution in [0.25, 0.3) is 0 Å². The lowest BCUT2D eigenvalue weighted by molar-refractivity contribution is 0.00277. The van der Waals surface area contributed by atoms with Crippen LogP contribution in [0.15, 0.2) is 0 Å². The van der Waals surface area contributed by atoms with Gasteiger partial charge in [-0.25, -0.2) is 0 Å². The molecule has 1 nitrogen and oxygen atoms in total. The Labute approximate surface area is 88.7 Å². The van der Waals surface area contributed by atoms with E-state index in [4.69, 9.17) is 0 Å². The molecule has 0 radical (unpaired) electrons. The molecule has 2 bridgehead atoms. The monoisotopic (exact) mass is 195 g/mol. The second-order valence-electron chi connectivity index (χ2n) is 6.02. The molecule has 82 valence electrons. The van der Waals surface area contributed by atoms with Gasteiger partial charge < -0.3 is 5.32 Å². The molecule has 0 amide bonds. The van der Waals surface area contributed by atoms with Crippen LogP contribution in [-0.2, 0) is 0 Å². The fourth-order valence-electron chi connectivity index (χ4n) is 3.23. The van der Waals surface area contributed by atoms with Crippen molar-refractivity contribution >= 4 is 0 Å². The van der Waals surface area contributed by atoms with Crippen LogP contribution in [-0.4, -0.2) is 13.1 Å². The molecular formula is C13H25N. The fraction of sp³-hybridized carbons (Fsp3) is 1.00. The molecule has 3 aliphatic rings. The molecule has 0 saturated heterocycles. The topological polar surface area (TPSA) is 12.0 Å². The largest absolute Gasteiger partial charge is 0.316 e. The summed E-state index contributed by atoms with van der Waals surface area (Å²) in [7, 11) is 0. The normalized spacial score (nSPS) is 41.1. The second-order valence-corrected chi connectivity index (χ2v) is 6.02. The second kappa shape index (κ2) is 4.22. The van der Waals surface area contributed by atoms with E-state index in [1.807, 2.05) is 0 Å². The van der Waals surface area contributed by atoms with Crippen LogP contribution in [0.3, 0.4) is 0 Å². The van der Waals surface area contributed by atoms with Crippen molar-refractivity contribution < 1.29 is 0 Å². The number of hydrogen-bond donors (Lipinski definition) is 1. The highest BCUT2D eigenvalue weighted by Gasteiger charge is 2.43. The van der Waals surface area contributed by atoms with Crippen molar-refractivity contribution in [1.29, 1.82) is 0 Å². The highest BCUT2D eigenvalue weighted by molar-refractivity contribution is 4.94. The maximum atomic E-state index is 3.63. The zero-order valence-electron chi connectivity index (χ0n) is 9.92. The summed E-state index contributed by atoms with van der Waals surface area (Å²) in [5.74, 6) is 4.97. The number of hydrogen-bond acceptors (Lipinski definition) is 1. The van der Waals surface area contributed by atoms with Crippen LogP contribution < -0.4 is 5.32 Å². The Hall–Kier alpha value is -0.0400. The van der Waals surface area contributed by atoms with E-state index in [-0.39, 0.29) is 0 Å². The maximum absolute atomic E-state index is 3.63. The molecule has 3 rings (SSSR count). The van der Waals surface area contributed by atoms with Crippen LogP contribution in [0.5, 0.6) is 0 Å². The average molecular weight is 195 g/mol. The maximum Gasteiger partial charge on any atom is -0.00176 e. The van der Waals surface area contributed by atoms with Gasteiger partial charge in [0.15, 0.2) is 0 Å². The zero-order valence-corrected chi connectivity index (χ0v) is 9.92. The molecule has 0 spiro atoms. The van der Waals surface area contributed by atoms with E-state index in [9.17, 15) is 0 Å². The fourth-order valence-corrected chi connectivity index (χ4v) is 3.23. The SMILES string of the molecule is CC(C)CNC[C@H]1C[C@@H](C)C2CC1C2. The molecule has 0 aromatic heterocycles. The summed E-state index contributed by atoms with van der Waals surface area (Å²) in [4.78, 5) is 0. The molecule has 0 aliphatic heterocycles. The standard InChI is InChI=1S/C13H25N/c1-9(2)7-14-8-13-4-10(3)11-5-12(13)6-11/h9-14H,4-8H2,1-3H3/t10-,11?,12?,13-/m1/s1. The smallest absolute Gasteiger partial charge is 0.00176 e. The van der Waals surface area contributed by atoms with Crippen LogP contribution in [0.4, 0.5) is 0 Å². The first-order valence-corrected chi connectivity index (χ1v) is 6.37. The third kappa shape index (κ3) is 2.13. The van der Waals surface area contributed by atoms with Crippen LogP contribution in [0.1, 0.15) is 40.0 Å². The Morgan fingerprint density at radius 1 is 1.14 bits per heavy atom. The Morgan fingerprint density at radius 3 is 2.43 bits per heavy atom. The first-order chi connectivity index (χ1) is 6.66. The van der Waals surface area contributed by atoms with Crippen molar-refractivity contribution in [1.82, 2.24) is 5.32 Å². The molecule has 0 aromatic carbocycles. The highest BCUT2D eigenvalue weighted by atomic mass is 14.9. The van der Waals surface area contributed by atoms with E-state index in [0.717, 1.165) is 29.6 Å². The van der Waals surface area contributed by atoms with E-state index >= 15 is 0 Å². The minimum Gasteiger partial charge on any atom is -0.316 e. The van der Waals surface area contributed by atoms with Crippen LogP contribution in [0, 0.1) is 29.6 Å². The van der Waals surface area contributed by atoms with E-state index < -0.39 is 0 Å². The predicted molar refractivity (Wildman–Crippen MR) is 61.2 cm³/mol. The van der Waals surface area contributed by atoms with Crippen molar-refractivity contribution in [2.24, 2.45) is 29.6 Å². The quantitative estimate of drug-likeness (QED) is 0.727. The van der Waals surface area contributed by atoms with E-state index in [1.165, 1.54) is 32.4 Å². The molecule has 0 unspecified atom stereocenters. The Balaban J connectivity index is 1.70. The summed E-state index contributed by atoms with van der Waals surface area (Å²) < 4.78 is 0. The van der Waals surface area contributed by atoms with Crippen LogP contribution >= 0.6 is 0 Å². The Bertz CT molecular complexity index is 182. The molecule has 3 saturated carbocycles. The zero-order chi connectivity index (χ0) is 10.1. The molecule has 0 aromatic rings. The summed E-state index contributed by atoms with van der Waals surface area (Å²) in [6, 6.07) is 0. The molecule has 3 aliphatic carbocycles. The van der Waals surface area contributed by atoms with Gasteiger partial charge in [-0.2, -0.15) is 0 Å². The van der Waals surface area contributed by atoms with Crippen molar-refractivity contribution in [3.8, 4) is 0 Å². The van der Waals surface area contributed by atoms with E-state index in [0.29, 0.717) is 0 Å². The lowest BCUT2D eigenvalue weighted by Crippen LogP contribution is -2.45. The van der Waals surface area contributed by atoms with Crippen molar-refractivity contribution in [3.63, 3.8) is 0 Å². The first kappa shape index (κ1) is 10.5. The van der Waals surface area contributed by atoms with Gasteiger partial charge in [0.2, 0.25) is 0 Å². The molecule has 14 heavy (non-hydrogen) atoms. The van der Waals surface area contributed by atoms with Gasteiger partial charge in [0, 0.05) is 0 Å². The first-order valence-electron chi connectivity index (χ1n) is 6.37. The van der Waals surface area contributed by atoms with Gasteiger partial charge in [-0.1, -0.05) is 20.8 Å². The van der Waals surface area contributed by atoms with E-state index in [2.05, 4.69) is 26.1 Å². The highest BCUT2D eigenvalue weighted by Crippen LogP contribution is 2.51. The predicted octanol–water partition coefficient (Wildman–Crippen LogP) is 2.91. The molecule has 0 heterocycles. The lowest BCUT2D eigenvalue weighted by atomic mass is 9.56. The summed E-state index contributed by atoms with van der Waals surface area (Å²) in [6.07, 6.45) is 4.56. The summed E-state index contributed by atoms with van der Waals surface area (Å²) in [6.45, 7) is 9.50. The number of rotatable bonds is 4. The molecule has 1 N–H and O–H groups in total. The molecule has 3 fully saturated rings. The van der Waals surface area contributed by atoms with Gasteiger partial charge in [-0.3, -0.25) is 0 Å². The number of nitrogens with one attached hydrogen (secondary N) is 1. The van der Waals surface area contributed by atoms with Gasteiger partial charge in [-0.05, 0) is 61.9 Å². The van der Waals surface area contributed by atoms with Gasteiger partial charge in [0.1, 0.15) is 0 Å². The minimum absolute atomic E-state index is 0.796. The average Bonchev–Trinajstić information content (AvgIpc) is 1.99. The summed E-state index contributed by atoms with van der Waals surface area (Å²) in [5, 5.41) is 3.63. The number of fused-ring (bicyclic) bond motifs is 2. The van der Waals surface area contributed by atoms with Gasteiger partial charge >= 0.3 is 0 Å². The van der Waals surface area contributed by atoms with Crippen molar-refractivity contribution in [3.05, 3.63) is 0 Å². The van der Waals surface area contributed by atoms with Gasteiger partial charge in [0.05, 0.1) is 0 Å². The van der Waals surface area contributed by atoms with Gasteiger partial charge in [-0.15, -0.1) is 0 Å². The van der Waals surface area contributed by atoms with Crippen LogP contribution in [0.2, 0.25) is 0 Å². The third-order valence-corrected chi connectivity index (χ3v) is 4.32. The van der Waals surface area contributed by atoms with Gasteiger partial charge in [0.25, 0.3) is 0 Å².